The number of likely N-dealkylation sites (tertiary alicyclic amines) is 1. The van der Waals surface area contributed by atoms with Crippen molar-refractivity contribution in [2.24, 2.45) is 11.7 Å². The van der Waals surface area contributed by atoms with E-state index in [2.05, 4.69) is 0 Å². The van der Waals surface area contributed by atoms with E-state index in [0.29, 0.717) is 39.0 Å². The summed E-state index contributed by atoms with van der Waals surface area (Å²) >= 11 is 7.43. The van der Waals surface area contributed by atoms with Gasteiger partial charge in [-0.15, -0.1) is 11.3 Å². The highest BCUT2D eigenvalue weighted by molar-refractivity contribution is 7.16. The maximum absolute atomic E-state index is 12.2. The van der Waals surface area contributed by atoms with Gasteiger partial charge >= 0.3 is 0 Å². The quantitative estimate of drug-likeness (QED) is 0.891. The molecule has 5 nitrogen and oxygen atoms in total. The van der Waals surface area contributed by atoms with Crippen molar-refractivity contribution in [3.8, 4) is 0 Å². The van der Waals surface area contributed by atoms with Crippen LogP contribution < -0.4 is 5.73 Å². The Labute approximate surface area is 133 Å². The van der Waals surface area contributed by atoms with E-state index < -0.39 is 0 Å². The Bertz CT molecular complexity index is 512. The molecule has 0 bridgehead atoms. The second kappa shape index (κ2) is 7.24. The van der Waals surface area contributed by atoms with Crippen LogP contribution >= 0.6 is 22.9 Å². The van der Waals surface area contributed by atoms with Crippen LogP contribution in [0, 0.1) is 5.92 Å². The minimum atomic E-state index is -0.256. The van der Waals surface area contributed by atoms with E-state index in [1.807, 2.05) is 29.0 Å². The van der Waals surface area contributed by atoms with Gasteiger partial charge in [0.25, 0.3) is 0 Å². The SMILES string of the molecule is CN(CC(=O)N1CCC(C(N)=O)CC1)Cc1ccc(Cl)s1. The molecule has 2 N–H and O–H groups in total. The van der Waals surface area contributed by atoms with Gasteiger partial charge in [0.2, 0.25) is 11.8 Å². The van der Waals surface area contributed by atoms with Crippen molar-refractivity contribution in [3.05, 3.63) is 21.3 Å². The Morgan fingerprint density at radius 2 is 2.10 bits per heavy atom. The number of carbonyl (C=O) groups is 2. The minimum absolute atomic E-state index is 0.0833. The van der Waals surface area contributed by atoms with Gasteiger partial charge in [-0.25, -0.2) is 0 Å². The van der Waals surface area contributed by atoms with E-state index in [0.717, 1.165) is 9.21 Å². The summed E-state index contributed by atoms with van der Waals surface area (Å²) in [5.41, 5.74) is 5.30. The number of hydrogen-bond donors (Lipinski definition) is 1. The van der Waals surface area contributed by atoms with Gasteiger partial charge in [-0.3, -0.25) is 14.5 Å². The molecule has 1 aliphatic heterocycles. The predicted molar refractivity (Wildman–Crippen MR) is 84.2 cm³/mol. The highest BCUT2D eigenvalue weighted by Crippen LogP contribution is 2.22. The molecule has 2 heterocycles. The van der Waals surface area contributed by atoms with Crippen molar-refractivity contribution < 1.29 is 9.59 Å². The highest BCUT2D eigenvalue weighted by Gasteiger charge is 2.26. The molecule has 1 aromatic heterocycles. The van der Waals surface area contributed by atoms with Crippen molar-refractivity contribution in [2.75, 3.05) is 26.7 Å². The van der Waals surface area contributed by atoms with Crippen LogP contribution in [0.1, 0.15) is 17.7 Å². The van der Waals surface area contributed by atoms with Crippen LogP contribution in [0.5, 0.6) is 0 Å². The monoisotopic (exact) mass is 329 g/mol. The number of likely N-dealkylation sites (N-methyl/N-ethyl adjacent to an activating group) is 1. The number of amides is 2. The molecule has 2 rings (SSSR count). The Morgan fingerprint density at radius 3 is 2.62 bits per heavy atom. The third-order valence-corrected chi connectivity index (χ3v) is 4.93. The molecule has 0 spiro atoms. The first-order valence-electron chi connectivity index (χ1n) is 6.95. The Balaban J connectivity index is 1.77. The first-order valence-corrected chi connectivity index (χ1v) is 8.15. The van der Waals surface area contributed by atoms with Gasteiger partial charge in [0.1, 0.15) is 0 Å². The van der Waals surface area contributed by atoms with Crippen LogP contribution in [-0.2, 0) is 16.1 Å². The Hall–Kier alpha value is -1.11. The van der Waals surface area contributed by atoms with Gasteiger partial charge in [-0.2, -0.15) is 0 Å². The largest absolute Gasteiger partial charge is 0.369 e. The molecule has 1 fully saturated rings. The average molecular weight is 330 g/mol. The summed E-state index contributed by atoms with van der Waals surface area (Å²) in [6.45, 7) is 2.31. The van der Waals surface area contributed by atoms with Gasteiger partial charge < -0.3 is 10.6 Å². The van der Waals surface area contributed by atoms with Crippen molar-refractivity contribution in [1.29, 1.82) is 0 Å². The van der Waals surface area contributed by atoms with Crippen LogP contribution in [0.4, 0.5) is 0 Å². The number of thiophene rings is 1. The van der Waals surface area contributed by atoms with E-state index >= 15 is 0 Å². The second-order valence-electron chi connectivity index (χ2n) is 5.44. The second-order valence-corrected chi connectivity index (χ2v) is 7.24. The summed E-state index contributed by atoms with van der Waals surface area (Å²) in [6, 6.07) is 3.85. The Morgan fingerprint density at radius 1 is 1.43 bits per heavy atom. The van der Waals surface area contributed by atoms with Crippen molar-refractivity contribution in [2.45, 2.75) is 19.4 Å². The fourth-order valence-electron chi connectivity index (χ4n) is 2.50. The number of nitrogens with zero attached hydrogens (tertiary/aromatic N) is 2. The first kappa shape index (κ1) is 16.3. The van der Waals surface area contributed by atoms with Crippen LogP contribution in [0.2, 0.25) is 4.34 Å². The lowest BCUT2D eigenvalue weighted by molar-refractivity contribution is -0.135. The van der Waals surface area contributed by atoms with Crippen LogP contribution in [0.25, 0.3) is 0 Å². The molecule has 116 valence electrons. The van der Waals surface area contributed by atoms with Crippen LogP contribution in [0.3, 0.4) is 0 Å². The van der Waals surface area contributed by atoms with Gasteiger partial charge in [-0.05, 0) is 32.0 Å². The zero-order chi connectivity index (χ0) is 15.4. The molecule has 0 saturated carbocycles. The molecule has 21 heavy (non-hydrogen) atoms. The number of nitrogens with two attached hydrogens (primary N) is 1. The summed E-state index contributed by atoms with van der Waals surface area (Å²) in [6.07, 6.45) is 1.34. The molecule has 0 radical (unpaired) electrons. The highest BCUT2D eigenvalue weighted by atomic mass is 35.5. The third kappa shape index (κ3) is 4.69. The van der Waals surface area contributed by atoms with E-state index in [1.54, 1.807) is 0 Å². The molecular weight excluding hydrogens is 310 g/mol. The van der Waals surface area contributed by atoms with Gasteiger partial charge in [0, 0.05) is 30.4 Å². The fraction of sp³-hybridized carbons (Fsp3) is 0.571. The van der Waals surface area contributed by atoms with Gasteiger partial charge in [-0.1, -0.05) is 11.6 Å². The maximum Gasteiger partial charge on any atom is 0.236 e. The molecule has 0 aromatic carbocycles. The first-order chi connectivity index (χ1) is 9.95. The smallest absolute Gasteiger partial charge is 0.236 e. The Kier molecular flexibility index (Phi) is 5.61. The van der Waals surface area contributed by atoms with Crippen LogP contribution in [0.15, 0.2) is 12.1 Å². The minimum Gasteiger partial charge on any atom is -0.369 e. The lowest BCUT2D eigenvalue weighted by atomic mass is 9.96. The van der Waals surface area contributed by atoms with E-state index in [4.69, 9.17) is 17.3 Å². The molecule has 2 amide bonds. The lowest BCUT2D eigenvalue weighted by Gasteiger charge is -2.31. The molecule has 0 unspecified atom stereocenters. The number of hydrogen-bond acceptors (Lipinski definition) is 4. The third-order valence-electron chi connectivity index (χ3n) is 3.71. The van der Waals surface area contributed by atoms with Gasteiger partial charge in [0.15, 0.2) is 0 Å². The number of halogens is 1. The molecule has 0 aliphatic carbocycles. The summed E-state index contributed by atoms with van der Waals surface area (Å²) < 4.78 is 0.762. The molecule has 0 atom stereocenters. The van der Waals surface area contributed by atoms with Crippen molar-refractivity contribution in [1.82, 2.24) is 9.80 Å². The average Bonchev–Trinajstić information content (AvgIpc) is 2.83. The molecule has 7 heteroatoms. The zero-order valence-electron chi connectivity index (χ0n) is 12.0. The van der Waals surface area contributed by atoms with Crippen LogP contribution in [-0.4, -0.2) is 48.3 Å². The number of carbonyl (C=O) groups excluding carboxylic acids is 2. The molecule has 1 aromatic rings. The maximum atomic E-state index is 12.2. The lowest BCUT2D eigenvalue weighted by Crippen LogP contribution is -2.45. The molecular formula is C14H20ClN3O2S. The summed E-state index contributed by atoms with van der Waals surface area (Å²) in [7, 11) is 1.92. The van der Waals surface area contributed by atoms with E-state index in [-0.39, 0.29) is 17.7 Å². The topological polar surface area (TPSA) is 66.6 Å². The van der Waals surface area contributed by atoms with Gasteiger partial charge in [0.05, 0.1) is 10.9 Å². The number of rotatable bonds is 5. The molecule has 1 saturated heterocycles. The summed E-state index contributed by atoms with van der Waals surface area (Å²) in [4.78, 5) is 28.3. The predicted octanol–water partition coefficient (Wildman–Crippen LogP) is 1.56. The zero-order valence-corrected chi connectivity index (χ0v) is 13.6. The summed E-state index contributed by atoms with van der Waals surface area (Å²) in [5.74, 6) is -0.239. The van der Waals surface area contributed by atoms with Crippen molar-refractivity contribution >= 4 is 34.8 Å². The molecule has 1 aliphatic rings. The van der Waals surface area contributed by atoms with Crippen molar-refractivity contribution in [3.63, 3.8) is 0 Å². The number of primary amides is 1. The van der Waals surface area contributed by atoms with E-state index in [9.17, 15) is 9.59 Å². The van der Waals surface area contributed by atoms with E-state index in [1.165, 1.54) is 11.3 Å². The standard InChI is InChI=1S/C14H20ClN3O2S/c1-17(8-11-2-3-12(15)21-11)9-13(19)18-6-4-10(5-7-18)14(16)20/h2-3,10H,4-9H2,1H3,(H2,16,20). The number of piperidine rings is 1. The normalized spacial score (nSPS) is 16.4. The fourth-order valence-corrected chi connectivity index (χ4v) is 3.67. The summed E-state index contributed by atoms with van der Waals surface area (Å²) in [5, 5.41) is 0.